The average Bonchev–Trinajstić information content (AvgIpc) is 2.36. The first kappa shape index (κ1) is 13.2. The molecule has 0 saturated carbocycles. The summed E-state index contributed by atoms with van der Waals surface area (Å²) in [6.07, 6.45) is 0. The van der Waals surface area contributed by atoms with Crippen molar-refractivity contribution in [1.82, 2.24) is 5.32 Å². The Hall–Kier alpha value is -1.19. The number of hydrogen-bond donors (Lipinski definition) is 1. The molecule has 94 valence electrons. The van der Waals surface area contributed by atoms with E-state index in [2.05, 4.69) is 52.4 Å². The largest absolute Gasteiger partial charge is 0.309 e. The first-order valence-corrected chi connectivity index (χ1v) is 6.64. The minimum Gasteiger partial charge on any atom is -0.309 e. The molecule has 0 aliphatic rings. The number of hydrogen-bond acceptors (Lipinski definition) is 1. The summed E-state index contributed by atoms with van der Waals surface area (Å²) in [4.78, 5) is 0. The zero-order valence-corrected chi connectivity index (χ0v) is 11.8. The third-order valence-electron chi connectivity index (χ3n) is 2.76. The quantitative estimate of drug-likeness (QED) is 0.893. The highest BCUT2D eigenvalue weighted by Crippen LogP contribution is 2.16. The van der Waals surface area contributed by atoms with E-state index < -0.39 is 0 Å². The fourth-order valence-electron chi connectivity index (χ4n) is 1.71. The number of nitrogens with one attached hydrogen (secondary N) is 1. The number of halogens is 2. The molecule has 0 fully saturated rings. The molecule has 1 N–H and O–H groups in total. The molecule has 2 aromatic rings. The van der Waals surface area contributed by atoms with E-state index >= 15 is 0 Å². The minimum absolute atomic E-state index is 0.218. The summed E-state index contributed by atoms with van der Waals surface area (Å²) in [6.45, 7) is 3.53. The van der Waals surface area contributed by atoms with Crippen LogP contribution in [-0.2, 0) is 13.1 Å². The Morgan fingerprint density at radius 1 is 1.00 bits per heavy atom. The zero-order chi connectivity index (χ0) is 13.0. The van der Waals surface area contributed by atoms with Crippen LogP contribution in [0, 0.1) is 12.7 Å². The lowest BCUT2D eigenvalue weighted by Gasteiger charge is -2.06. The second-order valence-corrected chi connectivity index (χ2v) is 5.19. The van der Waals surface area contributed by atoms with Gasteiger partial charge < -0.3 is 5.32 Å². The van der Waals surface area contributed by atoms with Crippen LogP contribution in [0.1, 0.15) is 16.7 Å². The maximum atomic E-state index is 13.3. The van der Waals surface area contributed by atoms with Crippen molar-refractivity contribution in [2.24, 2.45) is 0 Å². The normalized spacial score (nSPS) is 10.6. The van der Waals surface area contributed by atoms with Crippen LogP contribution in [0.25, 0.3) is 0 Å². The van der Waals surface area contributed by atoms with Crippen molar-refractivity contribution < 1.29 is 4.39 Å². The van der Waals surface area contributed by atoms with Crippen LogP contribution >= 0.6 is 15.9 Å². The van der Waals surface area contributed by atoms with E-state index in [9.17, 15) is 4.39 Å². The zero-order valence-electron chi connectivity index (χ0n) is 10.2. The Morgan fingerprint density at radius 3 is 2.28 bits per heavy atom. The van der Waals surface area contributed by atoms with Gasteiger partial charge in [0.1, 0.15) is 5.82 Å². The molecule has 2 rings (SSSR count). The molecule has 0 aromatic heterocycles. The van der Waals surface area contributed by atoms with E-state index in [1.807, 2.05) is 6.07 Å². The van der Waals surface area contributed by atoms with Crippen LogP contribution in [-0.4, -0.2) is 0 Å². The maximum absolute atomic E-state index is 13.3. The van der Waals surface area contributed by atoms with Gasteiger partial charge in [-0.25, -0.2) is 4.39 Å². The van der Waals surface area contributed by atoms with Crippen LogP contribution < -0.4 is 5.32 Å². The molecule has 0 saturated heterocycles. The van der Waals surface area contributed by atoms with Crippen molar-refractivity contribution in [1.29, 1.82) is 0 Å². The van der Waals surface area contributed by atoms with Gasteiger partial charge in [-0.3, -0.25) is 0 Å². The third-order valence-corrected chi connectivity index (χ3v) is 3.41. The summed E-state index contributed by atoms with van der Waals surface area (Å²) in [5, 5.41) is 3.30. The van der Waals surface area contributed by atoms with Gasteiger partial charge in [-0.1, -0.05) is 35.9 Å². The van der Waals surface area contributed by atoms with E-state index in [0.717, 1.165) is 12.1 Å². The van der Waals surface area contributed by atoms with Gasteiger partial charge in [0.05, 0.1) is 4.47 Å². The van der Waals surface area contributed by atoms with Gasteiger partial charge in [-0.2, -0.15) is 0 Å². The highest BCUT2D eigenvalue weighted by molar-refractivity contribution is 9.10. The summed E-state index contributed by atoms with van der Waals surface area (Å²) in [5.41, 5.74) is 3.44. The molecule has 0 heterocycles. The summed E-state index contributed by atoms with van der Waals surface area (Å²) in [5.74, 6) is -0.218. The molecule has 0 radical (unpaired) electrons. The van der Waals surface area contributed by atoms with Gasteiger partial charge in [-0.05, 0) is 46.1 Å². The molecular weight excluding hydrogens is 293 g/mol. The fraction of sp³-hybridized carbons (Fsp3) is 0.200. The molecular formula is C15H15BrFN. The van der Waals surface area contributed by atoms with Crippen molar-refractivity contribution in [3.05, 3.63) is 69.4 Å². The Morgan fingerprint density at radius 2 is 1.61 bits per heavy atom. The van der Waals surface area contributed by atoms with Crippen molar-refractivity contribution in [2.45, 2.75) is 20.0 Å². The van der Waals surface area contributed by atoms with E-state index in [0.29, 0.717) is 11.0 Å². The Kier molecular flexibility index (Phi) is 4.50. The lowest BCUT2D eigenvalue weighted by atomic mass is 10.1. The third kappa shape index (κ3) is 3.65. The summed E-state index contributed by atoms with van der Waals surface area (Å²) < 4.78 is 13.8. The lowest BCUT2D eigenvalue weighted by molar-refractivity contribution is 0.614. The maximum Gasteiger partial charge on any atom is 0.137 e. The van der Waals surface area contributed by atoms with Crippen LogP contribution in [0.3, 0.4) is 0 Å². The number of aryl methyl sites for hydroxylation is 1. The molecule has 0 aliphatic carbocycles. The van der Waals surface area contributed by atoms with E-state index in [1.54, 1.807) is 12.1 Å². The van der Waals surface area contributed by atoms with Crippen molar-refractivity contribution in [3.63, 3.8) is 0 Å². The van der Waals surface area contributed by atoms with Crippen LogP contribution in [0.5, 0.6) is 0 Å². The Labute approximate surface area is 115 Å². The lowest BCUT2D eigenvalue weighted by Crippen LogP contribution is -2.12. The summed E-state index contributed by atoms with van der Waals surface area (Å²) >= 11 is 3.15. The highest BCUT2D eigenvalue weighted by atomic mass is 79.9. The standard InChI is InChI=1S/C15H15BrFN/c1-11-2-4-12(5-3-11)9-18-10-13-6-7-14(16)15(17)8-13/h2-8,18H,9-10H2,1H3. The van der Waals surface area contributed by atoms with Gasteiger partial charge in [0, 0.05) is 13.1 Å². The van der Waals surface area contributed by atoms with Crippen LogP contribution in [0.4, 0.5) is 4.39 Å². The molecule has 0 aliphatic heterocycles. The van der Waals surface area contributed by atoms with Crippen molar-refractivity contribution in [2.75, 3.05) is 0 Å². The second kappa shape index (κ2) is 6.12. The fourth-order valence-corrected chi connectivity index (χ4v) is 1.95. The molecule has 0 unspecified atom stereocenters. The number of rotatable bonds is 4. The molecule has 18 heavy (non-hydrogen) atoms. The van der Waals surface area contributed by atoms with E-state index in [1.165, 1.54) is 11.1 Å². The molecule has 0 atom stereocenters. The molecule has 3 heteroatoms. The SMILES string of the molecule is Cc1ccc(CNCc2ccc(Br)c(F)c2)cc1. The van der Waals surface area contributed by atoms with Gasteiger partial charge in [0.25, 0.3) is 0 Å². The first-order valence-electron chi connectivity index (χ1n) is 5.85. The predicted octanol–water partition coefficient (Wildman–Crippen LogP) is 4.19. The van der Waals surface area contributed by atoms with Gasteiger partial charge in [0.15, 0.2) is 0 Å². The average molecular weight is 308 g/mol. The monoisotopic (exact) mass is 307 g/mol. The minimum atomic E-state index is -0.218. The predicted molar refractivity (Wildman–Crippen MR) is 75.8 cm³/mol. The first-order chi connectivity index (χ1) is 8.65. The second-order valence-electron chi connectivity index (χ2n) is 4.34. The highest BCUT2D eigenvalue weighted by Gasteiger charge is 2.00. The smallest absolute Gasteiger partial charge is 0.137 e. The van der Waals surface area contributed by atoms with Crippen LogP contribution in [0.2, 0.25) is 0 Å². The van der Waals surface area contributed by atoms with Gasteiger partial charge in [-0.15, -0.1) is 0 Å². The topological polar surface area (TPSA) is 12.0 Å². The molecule has 1 nitrogen and oxygen atoms in total. The van der Waals surface area contributed by atoms with E-state index in [-0.39, 0.29) is 5.82 Å². The number of benzene rings is 2. The molecule has 0 spiro atoms. The van der Waals surface area contributed by atoms with Crippen molar-refractivity contribution in [3.8, 4) is 0 Å². The molecule has 0 amide bonds. The van der Waals surface area contributed by atoms with E-state index in [4.69, 9.17) is 0 Å². The summed E-state index contributed by atoms with van der Waals surface area (Å²) in [6, 6.07) is 13.6. The molecule has 2 aromatic carbocycles. The van der Waals surface area contributed by atoms with Gasteiger partial charge in [0.2, 0.25) is 0 Å². The Balaban J connectivity index is 1.88. The van der Waals surface area contributed by atoms with Crippen LogP contribution in [0.15, 0.2) is 46.9 Å². The van der Waals surface area contributed by atoms with Gasteiger partial charge >= 0.3 is 0 Å². The van der Waals surface area contributed by atoms with Crippen molar-refractivity contribution >= 4 is 15.9 Å². The Bertz CT molecular complexity index is 523. The molecule has 0 bridgehead atoms. The summed E-state index contributed by atoms with van der Waals surface area (Å²) in [7, 11) is 0.